The fourth-order valence-corrected chi connectivity index (χ4v) is 9.33. The normalized spacial score (nSPS) is 12.0. The Balaban J connectivity index is 1.39. The van der Waals surface area contributed by atoms with Crippen LogP contribution in [-0.2, 0) is 60.8 Å². The van der Waals surface area contributed by atoms with Gasteiger partial charge in [-0.15, -0.1) is 0 Å². The third-order valence-corrected chi connectivity index (χ3v) is 14.0. The number of carbonyl (C=O) groups is 4. The lowest BCUT2D eigenvalue weighted by Gasteiger charge is -2.26. The molecule has 0 aromatic heterocycles. The largest absolute Gasteiger partial charge is 0.494 e. The third kappa shape index (κ3) is 20.1. The van der Waals surface area contributed by atoms with Crippen LogP contribution in [0.25, 0.3) is 43.1 Å². The minimum atomic E-state index is -1.60. The molecule has 6 aromatic carbocycles. The molecule has 82 heavy (non-hydrogen) atoms. The van der Waals surface area contributed by atoms with Crippen molar-refractivity contribution >= 4 is 67.0 Å². The van der Waals surface area contributed by atoms with Gasteiger partial charge in [-0.1, -0.05) is 90.8 Å². The Kier molecular flexibility index (Phi) is 27.8. The van der Waals surface area contributed by atoms with Crippen molar-refractivity contribution in [1.29, 1.82) is 0 Å². The van der Waals surface area contributed by atoms with Gasteiger partial charge in [0.25, 0.3) is 0 Å². The number of hydrogen-bond donors (Lipinski definition) is 0. The van der Waals surface area contributed by atoms with E-state index in [1.165, 1.54) is 0 Å². The second-order valence-corrected chi connectivity index (χ2v) is 20.4. The zero-order chi connectivity index (χ0) is 58.3. The van der Waals surface area contributed by atoms with Crippen LogP contribution >= 0.6 is 0 Å². The highest BCUT2D eigenvalue weighted by Crippen LogP contribution is 2.37. The molecule has 0 saturated carbocycles. The number of hydrogen-bond acceptors (Lipinski definition) is 14. The smallest absolute Gasteiger partial charge is 0.338 e. The first kappa shape index (κ1) is 64.0. The van der Waals surface area contributed by atoms with Gasteiger partial charge in [-0.25, -0.2) is 19.2 Å². The van der Waals surface area contributed by atoms with Crippen molar-refractivity contribution in [2.24, 2.45) is 0 Å². The fourth-order valence-electron chi connectivity index (χ4n) is 9.33. The lowest BCUT2D eigenvalue weighted by Crippen LogP contribution is -2.45. The van der Waals surface area contributed by atoms with Crippen LogP contribution in [0, 0.1) is 0 Å². The van der Waals surface area contributed by atoms with Gasteiger partial charge in [0.05, 0.1) is 66.1 Å². The van der Waals surface area contributed by atoms with Crippen molar-refractivity contribution in [3.63, 3.8) is 0 Å². The predicted octanol–water partition coefficient (Wildman–Crippen LogP) is 15.2. The number of esters is 4. The lowest BCUT2D eigenvalue weighted by atomic mass is 9.97. The molecule has 14 nitrogen and oxygen atoms in total. The van der Waals surface area contributed by atoms with Crippen molar-refractivity contribution in [2.45, 2.75) is 156 Å². The van der Waals surface area contributed by atoms with Crippen LogP contribution < -0.4 is 18.9 Å². The summed E-state index contributed by atoms with van der Waals surface area (Å²) in [7, 11) is 0. The Hall–Kier alpha value is -7.16. The average molecular weight is 1130 g/mol. The number of rotatable bonds is 41. The summed E-state index contributed by atoms with van der Waals surface area (Å²) >= 11 is 0. The Bertz CT molecular complexity index is 2800. The summed E-state index contributed by atoms with van der Waals surface area (Å²) < 4.78 is 60.7. The molecule has 0 aliphatic heterocycles. The first-order valence-electron chi connectivity index (χ1n) is 29.8. The first-order valence-corrected chi connectivity index (χ1v) is 29.8. The van der Waals surface area contributed by atoms with Crippen molar-refractivity contribution < 1.29 is 66.5 Å². The van der Waals surface area contributed by atoms with Crippen LogP contribution in [0.5, 0.6) is 23.0 Å². The Labute approximate surface area is 484 Å². The molecule has 0 saturated heterocycles. The van der Waals surface area contributed by atoms with E-state index in [0.717, 1.165) is 142 Å². The van der Waals surface area contributed by atoms with Gasteiger partial charge in [0.2, 0.25) is 0 Å². The molecule has 0 N–H and O–H groups in total. The van der Waals surface area contributed by atoms with Crippen molar-refractivity contribution in [3.05, 3.63) is 121 Å². The van der Waals surface area contributed by atoms with Gasteiger partial charge in [-0.05, 0) is 192 Å². The monoisotopic (exact) mass is 1130 g/mol. The molecule has 6 rings (SSSR count). The molecule has 2 atom stereocenters. The van der Waals surface area contributed by atoms with Crippen LogP contribution in [0.15, 0.2) is 110 Å². The zero-order valence-corrected chi connectivity index (χ0v) is 48.9. The molecule has 0 aliphatic carbocycles. The summed E-state index contributed by atoms with van der Waals surface area (Å²) in [5.74, 6) is 0.321. The SMILES string of the molecule is C=CC(=O)OCCCCCCOC(=O)C(OCc1cc2cc(OCCCC)ccc2c2ccc(OCCCC)cc12)C(OCc1cc2cc(OCCCC)ccc2c2ccc(OCCCC)cc12)C(=O)OCCCCCCOC(=O)C=C. The molecule has 0 bridgehead atoms. The molecule has 6 aromatic rings. The van der Waals surface area contributed by atoms with Gasteiger partial charge in [0.15, 0.2) is 12.2 Å². The van der Waals surface area contributed by atoms with Crippen LogP contribution in [0.1, 0.15) is 142 Å². The minimum absolute atomic E-state index is 0.0337. The second-order valence-electron chi connectivity index (χ2n) is 20.4. The molecule has 0 amide bonds. The quantitative estimate of drug-likeness (QED) is 0.0117. The minimum Gasteiger partial charge on any atom is -0.494 e. The summed E-state index contributed by atoms with van der Waals surface area (Å²) in [5.41, 5.74) is 1.48. The maximum Gasteiger partial charge on any atom is 0.338 e. The van der Waals surface area contributed by atoms with E-state index in [9.17, 15) is 19.2 Å². The van der Waals surface area contributed by atoms with E-state index in [0.29, 0.717) is 76.5 Å². The maximum atomic E-state index is 14.8. The number of unbranched alkanes of at least 4 members (excludes halogenated alkanes) is 10. The van der Waals surface area contributed by atoms with Crippen LogP contribution in [0.4, 0.5) is 0 Å². The molecule has 14 heteroatoms. The maximum absolute atomic E-state index is 14.8. The molecule has 0 aliphatic rings. The Morgan fingerprint density at radius 3 is 1.01 bits per heavy atom. The van der Waals surface area contributed by atoms with E-state index in [-0.39, 0.29) is 39.6 Å². The summed E-state index contributed by atoms with van der Waals surface area (Å²) in [6, 6.07) is 28.2. The number of benzene rings is 6. The van der Waals surface area contributed by atoms with E-state index >= 15 is 0 Å². The van der Waals surface area contributed by atoms with E-state index in [1.54, 1.807) is 0 Å². The molecule has 0 heterocycles. The standard InChI is InChI=1S/C68H86O14/c1-7-13-33-73-53-25-29-57-49(43-53)41-51(61-45-55(27-31-59(57)61)75-35-15-9-3)47-81-65(67(71)79-39-23-19-17-21-37-77-63(69)11-5)66(68(72)80-40-24-20-18-22-38-78-64(70)12-6)82-48-52-42-50-44-54(74-34-14-8-2)26-30-58(50)60-32-28-56(46-62(52)60)76-36-16-10-4/h11-12,25-32,41-46,65-66H,5-10,13-24,33-40,47-48H2,1-4H3. The van der Waals surface area contributed by atoms with E-state index in [1.807, 2.05) is 72.8 Å². The highest BCUT2D eigenvalue weighted by molar-refractivity contribution is 6.11. The Morgan fingerprint density at radius 2 is 0.683 bits per heavy atom. The lowest BCUT2D eigenvalue weighted by molar-refractivity contribution is -0.186. The molecular weight excluding hydrogens is 1040 g/mol. The summed E-state index contributed by atoms with van der Waals surface area (Å²) in [4.78, 5) is 52.9. The molecule has 2 unspecified atom stereocenters. The van der Waals surface area contributed by atoms with Gasteiger partial charge in [0.1, 0.15) is 23.0 Å². The topological polar surface area (TPSA) is 161 Å². The first-order chi connectivity index (χ1) is 40.1. The van der Waals surface area contributed by atoms with E-state index in [4.69, 9.17) is 47.4 Å². The molecule has 0 radical (unpaired) electrons. The molecule has 0 fully saturated rings. The fraction of sp³-hybridized carbons (Fsp3) is 0.471. The van der Waals surface area contributed by atoms with Crippen molar-refractivity contribution in [2.75, 3.05) is 52.9 Å². The van der Waals surface area contributed by atoms with E-state index < -0.39 is 36.1 Å². The summed E-state index contributed by atoms with van der Waals surface area (Å²) in [6.45, 7) is 18.0. The molecule has 442 valence electrons. The van der Waals surface area contributed by atoms with Gasteiger partial charge in [-0.2, -0.15) is 0 Å². The summed E-state index contributed by atoms with van der Waals surface area (Å²) in [5, 5.41) is 7.41. The highest BCUT2D eigenvalue weighted by atomic mass is 16.6. The van der Waals surface area contributed by atoms with Gasteiger partial charge < -0.3 is 47.4 Å². The van der Waals surface area contributed by atoms with Gasteiger partial charge in [-0.3, -0.25) is 0 Å². The van der Waals surface area contributed by atoms with Crippen LogP contribution in [-0.4, -0.2) is 88.9 Å². The zero-order valence-electron chi connectivity index (χ0n) is 48.9. The average Bonchev–Trinajstić information content (AvgIpc) is 2.56. The second kappa shape index (κ2) is 35.6. The third-order valence-electron chi connectivity index (χ3n) is 14.0. The molecule has 0 spiro atoms. The van der Waals surface area contributed by atoms with Crippen molar-refractivity contribution in [3.8, 4) is 23.0 Å². The molecular formula is C68H86O14. The highest BCUT2D eigenvalue weighted by Gasteiger charge is 2.39. The van der Waals surface area contributed by atoms with E-state index in [2.05, 4.69) is 53.0 Å². The van der Waals surface area contributed by atoms with Gasteiger partial charge in [0, 0.05) is 12.2 Å². The van der Waals surface area contributed by atoms with Gasteiger partial charge >= 0.3 is 23.9 Å². The predicted molar refractivity (Wildman–Crippen MR) is 323 cm³/mol. The van der Waals surface area contributed by atoms with Crippen molar-refractivity contribution in [1.82, 2.24) is 0 Å². The Morgan fingerprint density at radius 1 is 0.366 bits per heavy atom. The number of carbonyl (C=O) groups excluding carboxylic acids is 4. The number of fused-ring (bicyclic) bond motifs is 6. The van der Waals surface area contributed by atoms with Crippen LogP contribution in [0.3, 0.4) is 0 Å². The van der Waals surface area contributed by atoms with Crippen LogP contribution in [0.2, 0.25) is 0 Å². The number of ether oxygens (including phenoxy) is 10. The summed E-state index contributed by atoms with van der Waals surface area (Å²) in [6.07, 6.45) is 11.7.